The van der Waals surface area contributed by atoms with Crippen LogP contribution in [0, 0.1) is 13.8 Å². The summed E-state index contributed by atoms with van der Waals surface area (Å²) in [6.07, 6.45) is 1.58. The molecule has 136 valence electrons. The zero-order valence-corrected chi connectivity index (χ0v) is 17.0. The average molecular weight is 408 g/mol. The average Bonchev–Trinajstić information content (AvgIpc) is 3.18. The molecule has 0 atom stereocenters. The number of rotatable bonds is 6. The van der Waals surface area contributed by atoms with Crippen LogP contribution in [-0.4, -0.2) is 31.4 Å². The first-order valence-corrected chi connectivity index (χ1v) is 10.3. The molecule has 9 heteroatoms. The second-order valence-corrected chi connectivity index (χ2v) is 7.94. The highest BCUT2D eigenvalue weighted by molar-refractivity contribution is 7.99. The molecule has 0 aliphatic heterocycles. The number of nitrogens with one attached hydrogen (secondary N) is 1. The van der Waals surface area contributed by atoms with Gasteiger partial charge in [0.05, 0.1) is 11.4 Å². The molecular formula is C17H18ClN5OS2. The van der Waals surface area contributed by atoms with Crippen LogP contribution in [0.1, 0.15) is 17.4 Å². The van der Waals surface area contributed by atoms with Crippen molar-refractivity contribution in [3.8, 4) is 11.4 Å². The van der Waals surface area contributed by atoms with Gasteiger partial charge in [-0.3, -0.25) is 4.79 Å². The number of thiophene rings is 1. The lowest BCUT2D eigenvalue weighted by atomic mass is 10.1. The van der Waals surface area contributed by atoms with E-state index in [2.05, 4.69) is 39.7 Å². The standard InChI is InChI=1S/C17H18ClN5OS2/c1-4-23-16(12-8-25-11(3)10(12)2)21-22-17(23)26-9-14(24)20-13-6-5-7-19-15(13)18/h5-8H,4,9H2,1-3H3,(H,20,24). The first-order chi connectivity index (χ1) is 12.5. The van der Waals surface area contributed by atoms with Gasteiger partial charge >= 0.3 is 0 Å². The van der Waals surface area contributed by atoms with E-state index in [1.54, 1.807) is 29.7 Å². The Hall–Kier alpha value is -1.90. The Morgan fingerprint density at radius 3 is 2.85 bits per heavy atom. The van der Waals surface area contributed by atoms with Crippen molar-refractivity contribution in [2.24, 2.45) is 0 Å². The molecule has 6 nitrogen and oxygen atoms in total. The molecule has 26 heavy (non-hydrogen) atoms. The number of halogens is 1. The minimum absolute atomic E-state index is 0.167. The molecule has 3 heterocycles. The Balaban J connectivity index is 1.72. The van der Waals surface area contributed by atoms with Crippen molar-refractivity contribution in [1.29, 1.82) is 0 Å². The highest BCUT2D eigenvalue weighted by atomic mass is 35.5. The van der Waals surface area contributed by atoms with Crippen molar-refractivity contribution in [1.82, 2.24) is 19.7 Å². The van der Waals surface area contributed by atoms with E-state index in [4.69, 9.17) is 11.6 Å². The van der Waals surface area contributed by atoms with E-state index in [0.717, 1.165) is 23.1 Å². The number of hydrogen-bond donors (Lipinski definition) is 1. The lowest BCUT2D eigenvalue weighted by Crippen LogP contribution is -2.15. The quantitative estimate of drug-likeness (QED) is 0.483. The van der Waals surface area contributed by atoms with Crippen LogP contribution in [0.2, 0.25) is 5.15 Å². The van der Waals surface area contributed by atoms with Gasteiger partial charge in [-0.25, -0.2) is 4.98 Å². The van der Waals surface area contributed by atoms with Crippen LogP contribution in [0.15, 0.2) is 28.9 Å². The molecule has 0 unspecified atom stereocenters. The van der Waals surface area contributed by atoms with Crippen LogP contribution in [0.25, 0.3) is 11.4 Å². The van der Waals surface area contributed by atoms with Gasteiger partial charge < -0.3 is 9.88 Å². The third kappa shape index (κ3) is 3.92. The van der Waals surface area contributed by atoms with Gasteiger partial charge in [0.2, 0.25) is 5.91 Å². The highest BCUT2D eigenvalue weighted by Crippen LogP contribution is 2.31. The fourth-order valence-electron chi connectivity index (χ4n) is 2.41. The van der Waals surface area contributed by atoms with E-state index >= 15 is 0 Å². The van der Waals surface area contributed by atoms with Crippen molar-refractivity contribution in [2.45, 2.75) is 32.5 Å². The maximum Gasteiger partial charge on any atom is 0.234 e. The summed E-state index contributed by atoms with van der Waals surface area (Å²) in [5.41, 5.74) is 2.82. The number of amides is 1. The summed E-state index contributed by atoms with van der Waals surface area (Å²) in [6, 6.07) is 3.44. The summed E-state index contributed by atoms with van der Waals surface area (Å²) in [6.45, 7) is 6.96. The van der Waals surface area contributed by atoms with Gasteiger partial charge in [0.25, 0.3) is 0 Å². The molecule has 1 N–H and O–H groups in total. The monoisotopic (exact) mass is 407 g/mol. The molecule has 3 aromatic rings. The molecule has 0 radical (unpaired) electrons. The summed E-state index contributed by atoms with van der Waals surface area (Å²) >= 11 is 9.02. The van der Waals surface area contributed by atoms with Crippen molar-refractivity contribution in [2.75, 3.05) is 11.1 Å². The van der Waals surface area contributed by atoms with Crippen molar-refractivity contribution < 1.29 is 4.79 Å². The number of carbonyl (C=O) groups excluding carboxylic acids is 1. The Morgan fingerprint density at radius 1 is 1.38 bits per heavy atom. The fraction of sp³-hybridized carbons (Fsp3) is 0.294. The van der Waals surface area contributed by atoms with E-state index in [1.807, 2.05) is 11.5 Å². The largest absolute Gasteiger partial charge is 0.323 e. The van der Waals surface area contributed by atoms with Gasteiger partial charge in [-0.1, -0.05) is 23.4 Å². The number of aryl methyl sites for hydroxylation is 1. The molecule has 0 fully saturated rings. The lowest BCUT2D eigenvalue weighted by Gasteiger charge is -2.08. The molecule has 3 rings (SSSR count). The first-order valence-electron chi connectivity index (χ1n) is 8.02. The summed E-state index contributed by atoms with van der Waals surface area (Å²) in [4.78, 5) is 17.4. The summed E-state index contributed by atoms with van der Waals surface area (Å²) in [7, 11) is 0. The predicted octanol–water partition coefficient (Wildman–Crippen LogP) is 4.42. The van der Waals surface area contributed by atoms with Crippen LogP contribution in [0.3, 0.4) is 0 Å². The van der Waals surface area contributed by atoms with Gasteiger partial charge in [0.1, 0.15) is 0 Å². The Bertz CT molecular complexity index is 937. The minimum Gasteiger partial charge on any atom is -0.323 e. The second-order valence-electron chi connectivity index (χ2n) is 5.56. The topological polar surface area (TPSA) is 72.7 Å². The molecule has 0 aliphatic rings. The van der Waals surface area contributed by atoms with E-state index in [-0.39, 0.29) is 16.8 Å². The van der Waals surface area contributed by atoms with Crippen LogP contribution < -0.4 is 5.32 Å². The van der Waals surface area contributed by atoms with Crippen LogP contribution in [0.4, 0.5) is 5.69 Å². The molecule has 0 saturated carbocycles. The third-order valence-corrected chi connectivity index (χ3v) is 6.21. The van der Waals surface area contributed by atoms with E-state index in [1.165, 1.54) is 22.2 Å². The zero-order chi connectivity index (χ0) is 18.7. The van der Waals surface area contributed by atoms with Crippen molar-refractivity contribution in [3.63, 3.8) is 0 Å². The van der Waals surface area contributed by atoms with Gasteiger partial charge in [-0.15, -0.1) is 21.5 Å². The number of pyridine rings is 1. The molecule has 0 spiro atoms. The number of carbonyl (C=O) groups is 1. The van der Waals surface area contributed by atoms with Crippen LogP contribution in [-0.2, 0) is 11.3 Å². The maximum absolute atomic E-state index is 12.2. The molecule has 0 saturated heterocycles. The highest BCUT2D eigenvalue weighted by Gasteiger charge is 2.18. The number of thioether (sulfide) groups is 1. The van der Waals surface area contributed by atoms with Gasteiger partial charge in [-0.05, 0) is 38.5 Å². The second kappa shape index (κ2) is 8.20. The number of hydrogen-bond acceptors (Lipinski definition) is 6. The summed E-state index contributed by atoms with van der Waals surface area (Å²) in [5.74, 6) is 0.887. The predicted molar refractivity (Wildman–Crippen MR) is 107 cm³/mol. The number of nitrogens with zero attached hydrogens (tertiary/aromatic N) is 4. The van der Waals surface area contributed by atoms with Gasteiger partial charge in [-0.2, -0.15) is 0 Å². The summed E-state index contributed by atoms with van der Waals surface area (Å²) < 4.78 is 2.03. The van der Waals surface area contributed by atoms with Gasteiger partial charge in [0, 0.05) is 28.6 Å². The number of aromatic nitrogens is 4. The minimum atomic E-state index is -0.167. The van der Waals surface area contributed by atoms with Crippen molar-refractivity contribution >= 4 is 46.3 Å². The van der Waals surface area contributed by atoms with E-state index < -0.39 is 0 Å². The van der Waals surface area contributed by atoms with Crippen molar-refractivity contribution in [3.05, 3.63) is 39.3 Å². The van der Waals surface area contributed by atoms with Gasteiger partial charge in [0.15, 0.2) is 16.1 Å². The zero-order valence-electron chi connectivity index (χ0n) is 14.6. The Labute approximate surface area is 165 Å². The first kappa shape index (κ1) is 18.9. The SMILES string of the molecule is CCn1c(SCC(=O)Nc2cccnc2Cl)nnc1-c1csc(C)c1C. The fourth-order valence-corrected chi connectivity index (χ4v) is 4.24. The molecular weight excluding hydrogens is 390 g/mol. The lowest BCUT2D eigenvalue weighted by molar-refractivity contribution is -0.113. The van der Waals surface area contributed by atoms with Crippen LogP contribution in [0.5, 0.6) is 0 Å². The Kier molecular flexibility index (Phi) is 5.95. The molecule has 3 aromatic heterocycles. The molecule has 0 bridgehead atoms. The molecule has 0 aliphatic carbocycles. The summed E-state index contributed by atoms with van der Waals surface area (Å²) in [5, 5.41) is 14.5. The smallest absolute Gasteiger partial charge is 0.234 e. The molecule has 1 amide bonds. The number of anilines is 1. The Morgan fingerprint density at radius 2 is 2.19 bits per heavy atom. The normalized spacial score (nSPS) is 10.9. The van der Waals surface area contributed by atoms with E-state index in [9.17, 15) is 4.79 Å². The van der Waals surface area contributed by atoms with E-state index in [0.29, 0.717) is 5.69 Å². The third-order valence-electron chi connectivity index (χ3n) is 3.93. The van der Waals surface area contributed by atoms with Crippen LogP contribution >= 0.6 is 34.7 Å². The molecule has 0 aromatic carbocycles. The maximum atomic E-state index is 12.2.